The highest BCUT2D eigenvalue weighted by molar-refractivity contribution is 7.99. The summed E-state index contributed by atoms with van der Waals surface area (Å²) in [7, 11) is 0. The van der Waals surface area contributed by atoms with Gasteiger partial charge < -0.3 is 15.5 Å². The van der Waals surface area contributed by atoms with Crippen LogP contribution in [0.1, 0.15) is 27.2 Å². The standard InChI is InChI=1S/C10H23NO2S/c1-4-5-11-8(2)9(3)14-7-10(13)6-12/h8-13H,4-7H2,1-3H3. The van der Waals surface area contributed by atoms with E-state index in [1.807, 2.05) is 0 Å². The predicted octanol–water partition coefficient (Wildman–Crippen LogP) is 0.849. The van der Waals surface area contributed by atoms with Crippen LogP contribution in [0.3, 0.4) is 0 Å². The molecule has 0 saturated heterocycles. The van der Waals surface area contributed by atoms with Crippen LogP contribution in [0.2, 0.25) is 0 Å². The van der Waals surface area contributed by atoms with Gasteiger partial charge in [0.25, 0.3) is 0 Å². The summed E-state index contributed by atoms with van der Waals surface area (Å²) in [5, 5.41) is 21.7. The molecule has 0 saturated carbocycles. The molecule has 14 heavy (non-hydrogen) atoms. The number of hydrogen-bond acceptors (Lipinski definition) is 4. The molecule has 0 heterocycles. The van der Waals surface area contributed by atoms with Gasteiger partial charge in [0.2, 0.25) is 0 Å². The molecule has 3 N–H and O–H groups in total. The molecule has 0 spiro atoms. The van der Waals surface area contributed by atoms with Gasteiger partial charge >= 0.3 is 0 Å². The maximum atomic E-state index is 9.17. The first kappa shape index (κ1) is 14.2. The van der Waals surface area contributed by atoms with Crippen LogP contribution in [0.5, 0.6) is 0 Å². The van der Waals surface area contributed by atoms with Crippen molar-refractivity contribution in [3.63, 3.8) is 0 Å². The zero-order chi connectivity index (χ0) is 11.0. The Labute approximate surface area is 91.3 Å². The number of rotatable bonds is 8. The Morgan fingerprint density at radius 2 is 2.00 bits per heavy atom. The van der Waals surface area contributed by atoms with E-state index >= 15 is 0 Å². The van der Waals surface area contributed by atoms with Gasteiger partial charge in [-0.15, -0.1) is 0 Å². The number of aliphatic hydroxyl groups is 2. The Kier molecular flexibility index (Phi) is 8.67. The van der Waals surface area contributed by atoms with Crippen LogP contribution in [0.4, 0.5) is 0 Å². The molecule has 0 aromatic carbocycles. The van der Waals surface area contributed by atoms with Crippen LogP contribution < -0.4 is 5.32 Å². The first-order valence-electron chi connectivity index (χ1n) is 5.25. The Hall–Kier alpha value is 0.230. The molecule has 3 atom stereocenters. The van der Waals surface area contributed by atoms with Gasteiger partial charge in [0.1, 0.15) is 0 Å². The third-order valence-corrected chi connectivity index (χ3v) is 3.69. The van der Waals surface area contributed by atoms with Crippen molar-refractivity contribution in [1.82, 2.24) is 5.32 Å². The Bertz CT molecular complexity index is 135. The Morgan fingerprint density at radius 3 is 2.50 bits per heavy atom. The zero-order valence-corrected chi connectivity index (χ0v) is 10.2. The van der Waals surface area contributed by atoms with E-state index in [0.29, 0.717) is 17.0 Å². The van der Waals surface area contributed by atoms with Gasteiger partial charge in [0.15, 0.2) is 0 Å². The van der Waals surface area contributed by atoms with Crippen molar-refractivity contribution in [2.45, 2.75) is 44.6 Å². The molecule has 0 bridgehead atoms. The smallest absolute Gasteiger partial charge is 0.0861 e. The van der Waals surface area contributed by atoms with Crippen LogP contribution in [-0.4, -0.2) is 46.5 Å². The highest BCUT2D eigenvalue weighted by atomic mass is 32.2. The maximum Gasteiger partial charge on any atom is 0.0861 e. The van der Waals surface area contributed by atoms with Gasteiger partial charge in [-0.05, 0) is 19.9 Å². The second-order valence-corrected chi connectivity index (χ2v) is 5.03. The van der Waals surface area contributed by atoms with Crippen LogP contribution >= 0.6 is 11.8 Å². The van der Waals surface area contributed by atoms with Crippen molar-refractivity contribution in [3.05, 3.63) is 0 Å². The van der Waals surface area contributed by atoms with Gasteiger partial charge in [-0.25, -0.2) is 0 Å². The first-order valence-corrected chi connectivity index (χ1v) is 6.30. The highest BCUT2D eigenvalue weighted by Crippen LogP contribution is 2.15. The molecule has 4 heteroatoms. The molecule has 3 nitrogen and oxygen atoms in total. The molecule has 0 aromatic rings. The van der Waals surface area contributed by atoms with E-state index in [-0.39, 0.29) is 6.61 Å². The summed E-state index contributed by atoms with van der Waals surface area (Å²) >= 11 is 1.70. The Morgan fingerprint density at radius 1 is 1.36 bits per heavy atom. The normalized spacial score (nSPS) is 17.8. The van der Waals surface area contributed by atoms with Gasteiger partial charge in [-0.3, -0.25) is 0 Å². The van der Waals surface area contributed by atoms with Crippen LogP contribution in [0.25, 0.3) is 0 Å². The molecule has 0 aliphatic carbocycles. The summed E-state index contributed by atoms with van der Waals surface area (Å²) in [6, 6.07) is 0.450. The third-order valence-electron chi connectivity index (χ3n) is 2.18. The molecule has 0 amide bonds. The van der Waals surface area contributed by atoms with Crippen molar-refractivity contribution >= 4 is 11.8 Å². The quantitative estimate of drug-likeness (QED) is 0.569. The lowest BCUT2D eigenvalue weighted by Crippen LogP contribution is -2.35. The second-order valence-electron chi connectivity index (χ2n) is 3.62. The minimum Gasteiger partial charge on any atom is -0.394 e. The number of aliphatic hydroxyl groups excluding tert-OH is 2. The molecule has 0 rings (SSSR count). The summed E-state index contributed by atoms with van der Waals surface area (Å²) in [6.45, 7) is 7.33. The molecule has 3 unspecified atom stereocenters. The van der Waals surface area contributed by atoms with Crippen molar-refractivity contribution in [2.75, 3.05) is 18.9 Å². The van der Waals surface area contributed by atoms with Crippen LogP contribution in [-0.2, 0) is 0 Å². The number of thioether (sulfide) groups is 1. The molecule has 0 aliphatic heterocycles. The summed E-state index contributed by atoms with van der Waals surface area (Å²) in [6.07, 6.45) is 0.557. The van der Waals surface area contributed by atoms with E-state index in [4.69, 9.17) is 5.11 Å². The average Bonchev–Trinajstić information content (AvgIpc) is 2.21. The van der Waals surface area contributed by atoms with E-state index in [1.54, 1.807) is 11.8 Å². The molecule has 0 aromatic heterocycles. The topological polar surface area (TPSA) is 52.5 Å². The van der Waals surface area contributed by atoms with Crippen LogP contribution in [0.15, 0.2) is 0 Å². The van der Waals surface area contributed by atoms with E-state index < -0.39 is 6.10 Å². The maximum absolute atomic E-state index is 9.17. The molecule has 0 fully saturated rings. The van der Waals surface area contributed by atoms with Gasteiger partial charge in [-0.2, -0.15) is 11.8 Å². The monoisotopic (exact) mass is 221 g/mol. The minimum absolute atomic E-state index is 0.142. The lowest BCUT2D eigenvalue weighted by atomic mass is 10.2. The second kappa shape index (κ2) is 8.53. The highest BCUT2D eigenvalue weighted by Gasteiger charge is 2.13. The molecule has 86 valence electrons. The van der Waals surface area contributed by atoms with Gasteiger partial charge in [0, 0.05) is 17.0 Å². The van der Waals surface area contributed by atoms with E-state index in [0.717, 1.165) is 13.0 Å². The fourth-order valence-electron chi connectivity index (χ4n) is 0.998. The molecular formula is C10H23NO2S. The summed E-state index contributed by atoms with van der Waals surface area (Å²) in [4.78, 5) is 0. The van der Waals surface area contributed by atoms with Crippen molar-refractivity contribution < 1.29 is 10.2 Å². The van der Waals surface area contributed by atoms with Gasteiger partial charge in [-0.1, -0.05) is 13.8 Å². The summed E-state index contributed by atoms with van der Waals surface area (Å²) < 4.78 is 0. The van der Waals surface area contributed by atoms with E-state index in [1.165, 1.54) is 0 Å². The lowest BCUT2D eigenvalue weighted by Gasteiger charge is -2.21. The van der Waals surface area contributed by atoms with Gasteiger partial charge in [0.05, 0.1) is 12.7 Å². The average molecular weight is 221 g/mol. The number of nitrogens with one attached hydrogen (secondary N) is 1. The lowest BCUT2D eigenvalue weighted by molar-refractivity contribution is 0.113. The van der Waals surface area contributed by atoms with Crippen molar-refractivity contribution in [2.24, 2.45) is 0 Å². The number of hydrogen-bond donors (Lipinski definition) is 3. The van der Waals surface area contributed by atoms with Crippen molar-refractivity contribution in [3.8, 4) is 0 Å². The van der Waals surface area contributed by atoms with Crippen molar-refractivity contribution in [1.29, 1.82) is 0 Å². The summed E-state index contributed by atoms with van der Waals surface area (Å²) in [5.41, 5.74) is 0. The van der Waals surface area contributed by atoms with E-state index in [9.17, 15) is 5.11 Å². The fourth-order valence-corrected chi connectivity index (χ4v) is 2.01. The fraction of sp³-hybridized carbons (Fsp3) is 1.00. The zero-order valence-electron chi connectivity index (χ0n) is 9.36. The molecule has 0 radical (unpaired) electrons. The van der Waals surface area contributed by atoms with E-state index in [2.05, 4.69) is 26.1 Å². The molecular weight excluding hydrogens is 198 g/mol. The Balaban J connectivity index is 3.55. The predicted molar refractivity (Wildman–Crippen MR) is 62.8 cm³/mol. The SMILES string of the molecule is CCCNC(C)C(C)SCC(O)CO. The van der Waals surface area contributed by atoms with Crippen LogP contribution in [0, 0.1) is 0 Å². The summed E-state index contributed by atoms with van der Waals surface area (Å²) in [5.74, 6) is 0.607. The minimum atomic E-state index is -0.583. The third kappa shape index (κ3) is 6.65. The molecule has 0 aliphatic rings. The largest absolute Gasteiger partial charge is 0.394 e. The first-order chi connectivity index (χ1) is 6.61.